The topological polar surface area (TPSA) is 58.1 Å². The predicted molar refractivity (Wildman–Crippen MR) is 71.4 cm³/mol. The summed E-state index contributed by atoms with van der Waals surface area (Å²) >= 11 is 1.53. The van der Waals surface area contributed by atoms with Crippen LogP contribution in [-0.2, 0) is 11.3 Å². The average molecular weight is 268 g/mol. The molecule has 1 N–H and O–H groups in total. The van der Waals surface area contributed by atoms with Crippen LogP contribution in [0.25, 0.3) is 0 Å². The van der Waals surface area contributed by atoms with Crippen LogP contribution in [0.3, 0.4) is 0 Å². The number of hydrogen-bond donors (Lipinski definition) is 1. The van der Waals surface area contributed by atoms with Crippen LogP contribution in [0.15, 0.2) is 0 Å². The van der Waals surface area contributed by atoms with E-state index in [9.17, 15) is 4.79 Å². The van der Waals surface area contributed by atoms with Crippen LogP contribution in [0.4, 0.5) is 0 Å². The standard InChI is InChI=1S/C12H20N4OS/c1-9-14-15-12(18-9)8-13-11(17)7-10-5-3-4-6-16(10)2/h10H,3-8H2,1-2H3,(H,13,17)/t10-/m1/s1. The number of hydrogen-bond acceptors (Lipinski definition) is 5. The Morgan fingerprint density at radius 2 is 2.33 bits per heavy atom. The lowest BCUT2D eigenvalue weighted by molar-refractivity contribution is -0.122. The fraction of sp³-hybridized carbons (Fsp3) is 0.750. The third kappa shape index (κ3) is 3.74. The number of rotatable bonds is 4. The van der Waals surface area contributed by atoms with Gasteiger partial charge in [-0.05, 0) is 33.4 Å². The number of carbonyl (C=O) groups excluding carboxylic acids is 1. The molecule has 0 aliphatic carbocycles. The van der Waals surface area contributed by atoms with E-state index in [1.807, 2.05) is 6.92 Å². The number of amides is 1. The number of carbonyl (C=O) groups is 1. The minimum atomic E-state index is 0.113. The van der Waals surface area contributed by atoms with Crippen LogP contribution in [0.2, 0.25) is 0 Å². The minimum absolute atomic E-state index is 0.113. The van der Waals surface area contributed by atoms with Crippen molar-refractivity contribution in [2.24, 2.45) is 0 Å². The van der Waals surface area contributed by atoms with Gasteiger partial charge in [-0.2, -0.15) is 0 Å². The molecule has 0 unspecified atom stereocenters. The summed E-state index contributed by atoms with van der Waals surface area (Å²) in [4.78, 5) is 14.1. The SMILES string of the molecule is Cc1nnc(CNC(=O)C[C@H]2CCCCN2C)s1. The highest BCUT2D eigenvalue weighted by Crippen LogP contribution is 2.17. The van der Waals surface area contributed by atoms with Crippen molar-refractivity contribution >= 4 is 17.2 Å². The molecule has 1 saturated heterocycles. The summed E-state index contributed by atoms with van der Waals surface area (Å²) in [7, 11) is 2.10. The summed E-state index contributed by atoms with van der Waals surface area (Å²) in [5.74, 6) is 0.113. The molecule has 6 heteroatoms. The van der Waals surface area contributed by atoms with Crippen molar-refractivity contribution in [1.82, 2.24) is 20.4 Å². The molecule has 2 rings (SSSR count). The second-order valence-electron chi connectivity index (χ2n) is 4.83. The Hall–Kier alpha value is -1.01. The predicted octanol–water partition coefficient (Wildman–Crippen LogP) is 1.34. The molecule has 5 nitrogen and oxygen atoms in total. The smallest absolute Gasteiger partial charge is 0.221 e. The molecule has 0 radical (unpaired) electrons. The fourth-order valence-electron chi connectivity index (χ4n) is 2.27. The van der Waals surface area contributed by atoms with E-state index in [2.05, 4.69) is 27.5 Å². The van der Waals surface area contributed by atoms with Gasteiger partial charge in [0.1, 0.15) is 10.0 Å². The van der Waals surface area contributed by atoms with Gasteiger partial charge in [0, 0.05) is 12.5 Å². The van der Waals surface area contributed by atoms with E-state index < -0.39 is 0 Å². The molecule has 1 aromatic heterocycles. The number of aryl methyl sites for hydroxylation is 1. The number of nitrogens with zero attached hydrogens (tertiary/aromatic N) is 3. The summed E-state index contributed by atoms with van der Waals surface area (Å²) in [6.45, 7) is 3.52. The molecule has 0 spiro atoms. The number of piperidine rings is 1. The van der Waals surface area contributed by atoms with Gasteiger partial charge in [0.25, 0.3) is 0 Å². The van der Waals surface area contributed by atoms with E-state index in [0.29, 0.717) is 19.0 Å². The molecule has 1 aromatic rings. The number of nitrogens with one attached hydrogen (secondary N) is 1. The van der Waals surface area contributed by atoms with Gasteiger partial charge in [0.15, 0.2) is 0 Å². The van der Waals surface area contributed by atoms with E-state index in [1.165, 1.54) is 24.2 Å². The normalized spacial score (nSPS) is 20.9. The Morgan fingerprint density at radius 1 is 1.50 bits per heavy atom. The van der Waals surface area contributed by atoms with Gasteiger partial charge in [-0.25, -0.2) is 0 Å². The maximum atomic E-state index is 11.9. The Balaban J connectivity index is 1.74. The van der Waals surface area contributed by atoms with E-state index in [4.69, 9.17) is 0 Å². The molecule has 0 aromatic carbocycles. The van der Waals surface area contributed by atoms with Crippen molar-refractivity contribution in [1.29, 1.82) is 0 Å². The van der Waals surface area contributed by atoms with Crippen molar-refractivity contribution in [2.45, 2.75) is 45.2 Å². The molecule has 100 valence electrons. The van der Waals surface area contributed by atoms with E-state index in [1.54, 1.807) is 0 Å². The van der Waals surface area contributed by atoms with Gasteiger partial charge in [0.05, 0.1) is 6.54 Å². The first-order valence-corrected chi connectivity index (χ1v) is 7.22. The Bertz CT molecular complexity index is 407. The molecule has 1 fully saturated rings. The summed E-state index contributed by atoms with van der Waals surface area (Å²) < 4.78 is 0. The van der Waals surface area contributed by atoms with Crippen LogP contribution in [0, 0.1) is 6.92 Å². The zero-order chi connectivity index (χ0) is 13.0. The first-order chi connectivity index (χ1) is 8.65. The largest absolute Gasteiger partial charge is 0.349 e. The third-order valence-electron chi connectivity index (χ3n) is 3.35. The van der Waals surface area contributed by atoms with Crippen LogP contribution in [-0.4, -0.2) is 40.6 Å². The van der Waals surface area contributed by atoms with Crippen LogP contribution >= 0.6 is 11.3 Å². The zero-order valence-electron chi connectivity index (χ0n) is 11.0. The third-order valence-corrected chi connectivity index (χ3v) is 4.19. The lowest BCUT2D eigenvalue weighted by Gasteiger charge is -2.31. The summed E-state index contributed by atoms with van der Waals surface area (Å²) in [5.41, 5.74) is 0. The van der Waals surface area contributed by atoms with Crippen molar-refractivity contribution in [3.63, 3.8) is 0 Å². The van der Waals surface area contributed by atoms with Gasteiger partial charge in [-0.3, -0.25) is 4.79 Å². The van der Waals surface area contributed by atoms with Crippen molar-refractivity contribution in [3.05, 3.63) is 10.0 Å². The number of likely N-dealkylation sites (tertiary alicyclic amines) is 1. The van der Waals surface area contributed by atoms with Crippen molar-refractivity contribution in [2.75, 3.05) is 13.6 Å². The fourth-order valence-corrected chi connectivity index (χ4v) is 2.92. The van der Waals surface area contributed by atoms with Gasteiger partial charge in [0.2, 0.25) is 5.91 Å². The lowest BCUT2D eigenvalue weighted by atomic mass is 10.00. The Labute approximate surface area is 112 Å². The van der Waals surface area contributed by atoms with Crippen LogP contribution in [0.1, 0.15) is 35.7 Å². The summed E-state index contributed by atoms with van der Waals surface area (Å²) in [6, 6.07) is 0.398. The Kier molecular flexibility index (Phi) is 4.66. The molecule has 0 saturated carbocycles. The first kappa shape index (κ1) is 13.4. The second-order valence-corrected chi connectivity index (χ2v) is 6.09. The molecule has 1 amide bonds. The van der Waals surface area contributed by atoms with Gasteiger partial charge < -0.3 is 10.2 Å². The molecule has 1 aliphatic rings. The number of aromatic nitrogens is 2. The van der Waals surface area contributed by atoms with Gasteiger partial charge in [-0.15, -0.1) is 10.2 Å². The summed E-state index contributed by atoms with van der Waals surface area (Å²) in [6.07, 6.45) is 4.20. The quantitative estimate of drug-likeness (QED) is 0.895. The Morgan fingerprint density at radius 3 is 3.00 bits per heavy atom. The average Bonchev–Trinajstić information content (AvgIpc) is 2.76. The lowest BCUT2D eigenvalue weighted by Crippen LogP contribution is -2.40. The van der Waals surface area contributed by atoms with Crippen molar-refractivity contribution in [3.8, 4) is 0 Å². The molecule has 1 atom stereocenters. The highest BCUT2D eigenvalue weighted by Gasteiger charge is 2.21. The van der Waals surface area contributed by atoms with E-state index >= 15 is 0 Å². The highest BCUT2D eigenvalue weighted by molar-refractivity contribution is 7.11. The van der Waals surface area contributed by atoms with Crippen LogP contribution < -0.4 is 5.32 Å². The van der Waals surface area contributed by atoms with Gasteiger partial charge in [-0.1, -0.05) is 17.8 Å². The maximum absolute atomic E-state index is 11.9. The monoisotopic (exact) mass is 268 g/mol. The second kappa shape index (κ2) is 6.24. The molecule has 0 bridgehead atoms. The van der Waals surface area contributed by atoms with E-state index in [0.717, 1.165) is 23.0 Å². The van der Waals surface area contributed by atoms with E-state index in [-0.39, 0.29) is 5.91 Å². The minimum Gasteiger partial charge on any atom is -0.349 e. The van der Waals surface area contributed by atoms with Crippen LogP contribution in [0.5, 0.6) is 0 Å². The summed E-state index contributed by atoms with van der Waals surface area (Å²) in [5, 5.41) is 12.7. The molecule has 2 heterocycles. The van der Waals surface area contributed by atoms with Crippen molar-refractivity contribution < 1.29 is 4.79 Å². The molecular formula is C12H20N4OS. The molecular weight excluding hydrogens is 248 g/mol. The molecule has 18 heavy (non-hydrogen) atoms. The first-order valence-electron chi connectivity index (χ1n) is 6.41. The van der Waals surface area contributed by atoms with Gasteiger partial charge >= 0.3 is 0 Å². The zero-order valence-corrected chi connectivity index (χ0v) is 11.8. The maximum Gasteiger partial charge on any atom is 0.221 e. The molecule has 1 aliphatic heterocycles. The highest BCUT2D eigenvalue weighted by atomic mass is 32.1.